The van der Waals surface area contributed by atoms with Gasteiger partial charge < -0.3 is 4.90 Å². The highest BCUT2D eigenvalue weighted by atomic mass is 32.2. The van der Waals surface area contributed by atoms with Crippen molar-refractivity contribution in [3.63, 3.8) is 0 Å². The zero-order chi connectivity index (χ0) is 19.4. The molecule has 0 unspecified atom stereocenters. The maximum Gasteiger partial charge on any atom is 0.253 e. The van der Waals surface area contributed by atoms with Crippen molar-refractivity contribution in [1.82, 2.24) is 19.6 Å². The number of hydrogen-bond acceptors (Lipinski definition) is 5. The van der Waals surface area contributed by atoms with Gasteiger partial charge in [-0.05, 0) is 44.4 Å². The largest absolute Gasteiger partial charge is 0.315 e. The molecule has 0 N–H and O–H groups in total. The number of rotatable bonds is 7. The molecule has 142 valence electrons. The molecule has 3 rings (SSSR count). The van der Waals surface area contributed by atoms with Crippen LogP contribution < -0.4 is 4.90 Å². The van der Waals surface area contributed by atoms with E-state index in [-0.39, 0.29) is 11.7 Å². The van der Waals surface area contributed by atoms with Gasteiger partial charge in [-0.2, -0.15) is 4.98 Å². The van der Waals surface area contributed by atoms with Gasteiger partial charge in [0.2, 0.25) is 11.1 Å². The number of fused-ring (bicyclic) bond motifs is 1. The number of hydrogen-bond donors (Lipinski definition) is 0. The molecule has 27 heavy (non-hydrogen) atoms. The third-order valence-electron chi connectivity index (χ3n) is 4.65. The van der Waals surface area contributed by atoms with Gasteiger partial charge in [-0.1, -0.05) is 43.3 Å². The Morgan fingerprint density at radius 2 is 1.93 bits per heavy atom. The standard InChI is InChI=1S/C20H25N5OS/c1-5-6-12-17-14(2)21-19-22-20(23-25(19)15(17)3)27-13-18(26)24(4)16-10-8-7-9-11-16/h7-11H,5-6,12-13H2,1-4H3. The Morgan fingerprint density at radius 3 is 2.63 bits per heavy atom. The fourth-order valence-corrected chi connectivity index (χ4v) is 3.72. The summed E-state index contributed by atoms with van der Waals surface area (Å²) in [7, 11) is 1.78. The van der Waals surface area contributed by atoms with E-state index >= 15 is 0 Å². The highest BCUT2D eigenvalue weighted by molar-refractivity contribution is 7.99. The summed E-state index contributed by atoms with van der Waals surface area (Å²) in [6, 6.07) is 9.61. The number of nitrogens with zero attached hydrogens (tertiary/aromatic N) is 5. The number of amides is 1. The number of unbranched alkanes of at least 4 members (excludes halogenated alkanes) is 1. The number of thioether (sulfide) groups is 1. The Morgan fingerprint density at radius 1 is 1.19 bits per heavy atom. The van der Waals surface area contributed by atoms with Crippen LogP contribution in [-0.2, 0) is 11.2 Å². The molecule has 0 aliphatic heterocycles. The first-order valence-corrected chi connectivity index (χ1v) is 10.2. The lowest BCUT2D eigenvalue weighted by molar-refractivity contribution is -0.115. The smallest absolute Gasteiger partial charge is 0.253 e. The zero-order valence-corrected chi connectivity index (χ0v) is 17.1. The van der Waals surface area contributed by atoms with E-state index in [0.717, 1.165) is 36.3 Å². The van der Waals surface area contributed by atoms with Crippen molar-refractivity contribution in [2.45, 2.75) is 45.2 Å². The average Bonchev–Trinajstić information content (AvgIpc) is 3.09. The topological polar surface area (TPSA) is 63.4 Å². The van der Waals surface area contributed by atoms with E-state index in [2.05, 4.69) is 28.9 Å². The molecule has 0 saturated heterocycles. The Hall–Kier alpha value is -2.41. The van der Waals surface area contributed by atoms with Crippen LogP contribution in [0, 0.1) is 13.8 Å². The number of aryl methyl sites for hydroxylation is 2. The van der Waals surface area contributed by atoms with Gasteiger partial charge in [0.25, 0.3) is 5.78 Å². The van der Waals surface area contributed by atoms with Gasteiger partial charge >= 0.3 is 0 Å². The van der Waals surface area contributed by atoms with E-state index in [1.807, 2.05) is 37.3 Å². The van der Waals surface area contributed by atoms with E-state index in [1.54, 1.807) is 16.5 Å². The molecule has 0 spiro atoms. The lowest BCUT2D eigenvalue weighted by Crippen LogP contribution is -2.27. The van der Waals surface area contributed by atoms with Gasteiger partial charge in [-0.15, -0.1) is 5.10 Å². The second-order valence-corrected chi connectivity index (χ2v) is 7.49. The van der Waals surface area contributed by atoms with Crippen molar-refractivity contribution >= 4 is 29.1 Å². The van der Waals surface area contributed by atoms with Crippen molar-refractivity contribution in [1.29, 1.82) is 0 Å². The number of carbonyl (C=O) groups is 1. The summed E-state index contributed by atoms with van der Waals surface area (Å²) in [5.41, 5.74) is 4.21. The van der Waals surface area contributed by atoms with E-state index < -0.39 is 0 Å². The molecule has 0 saturated carbocycles. The molecule has 1 aromatic carbocycles. The van der Waals surface area contributed by atoms with E-state index in [4.69, 9.17) is 0 Å². The summed E-state index contributed by atoms with van der Waals surface area (Å²) in [5.74, 6) is 0.884. The first-order valence-electron chi connectivity index (χ1n) is 9.18. The Bertz CT molecular complexity index is 938. The monoisotopic (exact) mass is 383 g/mol. The molecule has 2 heterocycles. The van der Waals surface area contributed by atoms with Crippen LogP contribution >= 0.6 is 11.8 Å². The quantitative estimate of drug-likeness (QED) is 0.580. The normalized spacial score (nSPS) is 11.1. The van der Waals surface area contributed by atoms with Gasteiger partial charge in [-0.25, -0.2) is 9.50 Å². The Kier molecular flexibility index (Phi) is 6.11. The number of aromatic nitrogens is 4. The fraction of sp³-hybridized carbons (Fsp3) is 0.400. The van der Waals surface area contributed by atoms with Crippen LogP contribution in [0.5, 0.6) is 0 Å². The van der Waals surface area contributed by atoms with Crippen LogP contribution in [0.4, 0.5) is 5.69 Å². The van der Waals surface area contributed by atoms with Crippen molar-refractivity contribution in [2.75, 3.05) is 17.7 Å². The van der Waals surface area contributed by atoms with Crippen LogP contribution in [0.15, 0.2) is 35.5 Å². The molecule has 0 atom stereocenters. The number of benzene rings is 1. The predicted molar refractivity (Wildman–Crippen MR) is 109 cm³/mol. The van der Waals surface area contributed by atoms with Crippen LogP contribution in [0.1, 0.15) is 36.7 Å². The first-order chi connectivity index (χ1) is 13.0. The highest BCUT2D eigenvalue weighted by Crippen LogP contribution is 2.20. The lowest BCUT2D eigenvalue weighted by atomic mass is 10.1. The molecule has 0 fully saturated rings. The minimum atomic E-state index is 0.00885. The summed E-state index contributed by atoms with van der Waals surface area (Å²) in [4.78, 5) is 23.2. The van der Waals surface area contributed by atoms with Crippen molar-refractivity contribution < 1.29 is 4.79 Å². The lowest BCUT2D eigenvalue weighted by Gasteiger charge is -2.16. The molecule has 2 aromatic heterocycles. The van der Waals surface area contributed by atoms with Crippen molar-refractivity contribution in [3.05, 3.63) is 47.3 Å². The Balaban J connectivity index is 1.74. The van der Waals surface area contributed by atoms with Crippen molar-refractivity contribution in [3.8, 4) is 0 Å². The second kappa shape index (κ2) is 8.52. The molecular formula is C20H25N5OS. The molecule has 7 heteroatoms. The average molecular weight is 384 g/mol. The van der Waals surface area contributed by atoms with E-state index in [9.17, 15) is 4.79 Å². The molecule has 1 amide bonds. The minimum absolute atomic E-state index is 0.00885. The maximum absolute atomic E-state index is 12.5. The van der Waals surface area contributed by atoms with Gasteiger partial charge in [-0.3, -0.25) is 4.79 Å². The van der Waals surface area contributed by atoms with Crippen LogP contribution in [0.2, 0.25) is 0 Å². The summed E-state index contributed by atoms with van der Waals surface area (Å²) in [5, 5.41) is 5.14. The molecule has 0 aliphatic rings. The zero-order valence-electron chi connectivity index (χ0n) is 16.3. The molecule has 3 aromatic rings. The SMILES string of the molecule is CCCCc1c(C)nc2nc(SCC(=O)N(C)c3ccccc3)nn2c1C. The summed E-state index contributed by atoms with van der Waals surface area (Å²) in [6.07, 6.45) is 3.28. The van der Waals surface area contributed by atoms with Gasteiger partial charge in [0, 0.05) is 24.1 Å². The number of anilines is 1. The molecule has 0 aliphatic carbocycles. The predicted octanol–water partition coefficient (Wildman–Crippen LogP) is 3.84. The van der Waals surface area contributed by atoms with Gasteiger partial charge in [0.15, 0.2) is 0 Å². The number of para-hydroxylation sites is 1. The molecule has 6 nitrogen and oxygen atoms in total. The van der Waals surface area contributed by atoms with Crippen LogP contribution in [0.25, 0.3) is 5.78 Å². The summed E-state index contributed by atoms with van der Waals surface area (Å²) < 4.78 is 1.80. The summed E-state index contributed by atoms with van der Waals surface area (Å²) in [6.45, 7) is 6.27. The molecule has 0 radical (unpaired) electrons. The van der Waals surface area contributed by atoms with E-state index in [0.29, 0.717) is 10.9 Å². The fourth-order valence-electron chi connectivity index (χ4n) is 2.99. The van der Waals surface area contributed by atoms with Crippen LogP contribution in [0.3, 0.4) is 0 Å². The van der Waals surface area contributed by atoms with Crippen LogP contribution in [-0.4, -0.2) is 38.3 Å². The minimum Gasteiger partial charge on any atom is -0.315 e. The highest BCUT2D eigenvalue weighted by Gasteiger charge is 2.16. The third kappa shape index (κ3) is 4.30. The van der Waals surface area contributed by atoms with E-state index in [1.165, 1.54) is 17.3 Å². The first kappa shape index (κ1) is 19.4. The Labute approximate surface area is 164 Å². The summed E-state index contributed by atoms with van der Waals surface area (Å²) >= 11 is 1.34. The molecular weight excluding hydrogens is 358 g/mol. The second-order valence-electron chi connectivity index (χ2n) is 6.55. The molecule has 0 bridgehead atoms. The number of carbonyl (C=O) groups excluding carboxylic acids is 1. The third-order valence-corrected chi connectivity index (χ3v) is 5.47. The van der Waals surface area contributed by atoms with Gasteiger partial charge in [0.05, 0.1) is 5.75 Å². The maximum atomic E-state index is 12.5. The van der Waals surface area contributed by atoms with Crippen molar-refractivity contribution in [2.24, 2.45) is 0 Å². The van der Waals surface area contributed by atoms with Gasteiger partial charge in [0.1, 0.15) is 0 Å².